The minimum atomic E-state index is -1.80. The van der Waals surface area contributed by atoms with Gasteiger partial charge in [0, 0.05) is 6.10 Å². The molecule has 4 rings (SSSR count). The van der Waals surface area contributed by atoms with Gasteiger partial charge in [-0.05, 0) is 144 Å². The number of hydrogen-bond acceptors (Lipinski definition) is 5. The number of carbonyl (C=O) groups is 1. The molecule has 11 atom stereocenters. The van der Waals surface area contributed by atoms with E-state index >= 15 is 0 Å². The number of carbonyl (C=O) groups excluding carboxylic acids is 1. The summed E-state index contributed by atoms with van der Waals surface area (Å²) >= 11 is 0. The van der Waals surface area contributed by atoms with Crippen molar-refractivity contribution in [3.8, 4) is 0 Å². The average molecular weight is 679 g/mol. The lowest BCUT2D eigenvalue weighted by Crippen LogP contribution is -2.62. The minimum absolute atomic E-state index is 0.0257. The molecule has 260 valence electrons. The van der Waals surface area contributed by atoms with E-state index in [1.807, 2.05) is 6.92 Å². The number of esters is 1. The molecule has 4 aliphatic rings. The molecule has 0 aromatic heterocycles. The fourth-order valence-electron chi connectivity index (χ4n) is 10.5. The van der Waals surface area contributed by atoms with Crippen molar-refractivity contribution in [2.24, 2.45) is 46.3 Å². The van der Waals surface area contributed by atoms with Gasteiger partial charge in [0.25, 0.3) is 0 Å². The molecule has 0 aliphatic heterocycles. The van der Waals surface area contributed by atoms with E-state index in [1.54, 1.807) is 5.57 Å². The van der Waals surface area contributed by atoms with Crippen molar-refractivity contribution in [2.75, 3.05) is 7.11 Å². The summed E-state index contributed by atoms with van der Waals surface area (Å²) in [6, 6.07) is 0. The molecular formula is C37H70O5Si3. The zero-order chi connectivity index (χ0) is 33.8. The highest BCUT2D eigenvalue weighted by molar-refractivity contribution is 6.70. The Hall–Kier alpha value is -0.259. The number of ether oxygens (including phenoxy) is 1. The Balaban J connectivity index is 1.70. The normalized spacial score (nSPS) is 38.4. The zero-order valence-electron chi connectivity index (χ0n) is 31.7. The minimum Gasteiger partial charge on any atom is -0.469 e. The van der Waals surface area contributed by atoms with Gasteiger partial charge < -0.3 is 18.0 Å². The van der Waals surface area contributed by atoms with Crippen molar-refractivity contribution in [3.63, 3.8) is 0 Å². The molecule has 0 aromatic rings. The first-order valence-electron chi connectivity index (χ1n) is 18.4. The molecule has 5 nitrogen and oxygen atoms in total. The van der Waals surface area contributed by atoms with E-state index in [1.165, 1.54) is 32.8 Å². The first-order chi connectivity index (χ1) is 20.6. The highest BCUT2D eigenvalue weighted by atomic mass is 28.4. The Morgan fingerprint density at radius 1 is 0.867 bits per heavy atom. The van der Waals surface area contributed by atoms with Crippen LogP contribution in [0.1, 0.15) is 85.5 Å². The monoisotopic (exact) mass is 678 g/mol. The SMILES string of the molecule is COC(=O)C(C)CCC[C@@H](C)[C@H]1CCC2C3C(C[C@H](O[Si](C)(C)C)[C@@]21C)[C@@]1(C)CC[C@H](O[Si](C)(C)C)CC1=C[C@H]3O[Si](C)(C)C. The van der Waals surface area contributed by atoms with Gasteiger partial charge in [-0.1, -0.05) is 52.2 Å². The van der Waals surface area contributed by atoms with Crippen LogP contribution in [-0.2, 0) is 22.8 Å². The van der Waals surface area contributed by atoms with Crippen LogP contribution in [0.5, 0.6) is 0 Å². The largest absolute Gasteiger partial charge is 0.469 e. The maximum Gasteiger partial charge on any atom is 0.308 e. The van der Waals surface area contributed by atoms with Gasteiger partial charge in [0.15, 0.2) is 25.0 Å². The second-order valence-corrected chi connectivity index (χ2v) is 32.4. The molecule has 0 spiro atoms. The molecule has 0 radical (unpaired) electrons. The van der Waals surface area contributed by atoms with Crippen molar-refractivity contribution < 1.29 is 22.8 Å². The second-order valence-electron chi connectivity index (χ2n) is 19.0. The lowest BCUT2D eigenvalue weighted by atomic mass is 9.45. The maximum absolute atomic E-state index is 12.1. The third kappa shape index (κ3) is 8.31. The van der Waals surface area contributed by atoms with Crippen LogP contribution < -0.4 is 0 Å². The smallest absolute Gasteiger partial charge is 0.308 e. The summed E-state index contributed by atoms with van der Waals surface area (Å²) in [5.41, 5.74) is 1.95. The fraction of sp³-hybridized carbons (Fsp3) is 0.919. The highest BCUT2D eigenvalue weighted by Crippen LogP contribution is 2.68. The lowest BCUT2D eigenvalue weighted by Gasteiger charge is -2.63. The number of fused-ring (bicyclic) bond motifs is 5. The highest BCUT2D eigenvalue weighted by Gasteiger charge is 2.65. The van der Waals surface area contributed by atoms with E-state index in [2.05, 4.69) is 85.8 Å². The molecular weight excluding hydrogens is 609 g/mol. The van der Waals surface area contributed by atoms with Gasteiger partial charge in [-0.25, -0.2) is 0 Å². The van der Waals surface area contributed by atoms with E-state index in [9.17, 15) is 4.79 Å². The molecule has 0 saturated heterocycles. The second kappa shape index (κ2) is 13.6. The van der Waals surface area contributed by atoms with Gasteiger partial charge in [0.1, 0.15) is 0 Å². The quantitative estimate of drug-likeness (QED) is 0.117. The van der Waals surface area contributed by atoms with Crippen molar-refractivity contribution in [2.45, 2.75) is 163 Å². The molecule has 0 amide bonds. The average Bonchev–Trinajstić information content (AvgIpc) is 3.25. The lowest BCUT2D eigenvalue weighted by molar-refractivity contribution is -0.149. The summed E-state index contributed by atoms with van der Waals surface area (Å²) in [4.78, 5) is 12.1. The standard InChI is InChI=1S/C37H70O5Si3/c1-25(16-15-17-26(2)35(38)39-5)29-18-19-30-34-31(24-33(37(29,30)4)42-45(12,13)14)36(3)21-20-28(40-43(6,7)8)22-27(36)23-32(34)41-44(9,10)11/h23,25-26,28-34H,15-22,24H2,1-14H3/t25-,26?,28+,29-,30?,31?,32-,33+,34?,36+,37-/m1/s1. The van der Waals surface area contributed by atoms with E-state index < -0.39 is 25.0 Å². The summed E-state index contributed by atoms with van der Waals surface area (Å²) in [6.07, 6.45) is 13.8. The van der Waals surface area contributed by atoms with Gasteiger partial charge in [-0.15, -0.1) is 0 Å². The molecule has 3 saturated carbocycles. The summed E-state index contributed by atoms with van der Waals surface area (Å²) < 4.78 is 26.4. The van der Waals surface area contributed by atoms with E-state index in [0.717, 1.165) is 32.1 Å². The van der Waals surface area contributed by atoms with Crippen molar-refractivity contribution in [3.05, 3.63) is 11.6 Å². The van der Waals surface area contributed by atoms with Crippen LogP contribution in [0.15, 0.2) is 11.6 Å². The Morgan fingerprint density at radius 3 is 2.07 bits per heavy atom. The molecule has 4 unspecified atom stereocenters. The zero-order valence-corrected chi connectivity index (χ0v) is 34.7. The predicted molar refractivity (Wildman–Crippen MR) is 195 cm³/mol. The predicted octanol–water partition coefficient (Wildman–Crippen LogP) is 10.1. The summed E-state index contributed by atoms with van der Waals surface area (Å²) in [5.74, 6) is 2.86. The van der Waals surface area contributed by atoms with Gasteiger partial charge in [0.2, 0.25) is 0 Å². The first kappa shape index (κ1) is 37.6. The molecule has 0 heterocycles. The van der Waals surface area contributed by atoms with E-state index in [0.29, 0.717) is 41.8 Å². The van der Waals surface area contributed by atoms with Crippen LogP contribution in [0, 0.1) is 46.3 Å². The van der Waals surface area contributed by atoms with Crippen LogP contribution in [-0.4, -0.2) is 56.3 Å². The third-order valence-electron chi connectivity index (χ3n) is 12.3. The number of rotatable bonds is 12. The molecule has 45 heavy (non-hydrogen) atoms. The van der Waals surface area contributed by atoms with Crippen LogP contribution >= 0.6 is 0 Å². The molecule has 3 fully saturated rings. The maximum atomic E-state index is 12.1. The van der Waals surface area contributed by atoms with E-state index in [-0.39, 0.29) is 28.8 Å². The van der Waals surface area contributed by atoms with Crippen molar-refractivity contribution >= 4 is 30.9 Å². The van der Waals surface area contributed by atoms with Crippen LogP contribution in [0.4, 0.5) is 0 Å². The Kier molecular flexibility index (Phi) is 11.3. The first-order valence-corrected chi connectivity index (χ1v) is 28.6. The van der Waals surface area contributed by atoms with Gasteiger partial charge in [-0.2, -0.15) is 0 Å². The van der Waals surface area contributed by atoms with Crippen molar-refractivity contribution in [1.29, 1.82) is 0 Å². The number of hydrogen-bond donors (Lipinski definition) is 0. The molecule has 0 N–H and O–H groups in total. The van der Waals surface area contributed by atoms with Gasteiger partial charge >= 0.3 is 5.97 Å². The molecule has 4 aliphatic carbocycles. The van der Waals surface area contributed by atoms with Crippen LogP contribution in [0.3, 0.4) is 0 Å². The Bertz CT molecular complexity index is 1070. The molecule has 0 aromatic carbocycles. The van der Waals surface area contributed by atoms with E-state index in [4.69, 9.17) is 18.0 Å². The van der Waals surface area contributed by atoms with Crippen molar-refractivity contribution in [1.82, 2.24) is 0 Å². The Labute approximate surface area is 280 Å². The summed E-state index contributed by atoms with van der Waals surface area (Å²) in [7, 11) is -3.69. The Morgan fingerprint density at radius 2 is 1.49 bits per heavy atom. The molecule has 0 bridgehead atoms. The molecule has 8 heteroatoms. The van der Waals surface area contributed by atoms with Crippen LogP contribution in [0.25, 0.3) is 0 Å². The van der Waals surface area contributed by atoms with Crippen LogP contribution in [0.2, 0.25) is 58.9 Å². The van der Waals surface area contributed by atoms with Gasteiger partial charge in [-0.3, -0.25) is 4.79 Å². The summed E-state index contributed by atoms with van der Waals surface area (Å²) in [6.45, 7) is 31.1. The topological polar surface area (TPSA) is 54.0 Å². The fourth-order valence-corrected chi connectivity index (χ4v) is 13.9. The summed E-state index contributed by atoms with van der Waals surface area (Å²) in [5, 5.41) is 0. The number of methoxy groups -OCH3 is 1. The van der Waals surface area contributed by atoms with Gasteiger partial charge in [0.05, 0.1) is 25.2 Å². The third-order valence-corrected chi connectivity index (χ3v) is 15.3.